The van der Waals surface area contributed by atoms with Crippen molar-refractivity contribution in [1.82, 2.24) is 4.90 Å². The SMILES string of the molecule is C[C@H](Oc1ccc(S(C)(=O)=O)cc1C(=O)N1Cc2cc(N3CCOCC3)c(C(F)(F)F)cc2C1)C(F)(F)F. The van der Waals surface area contributed by atoms with E-state index in [9.17, 15) is 39.6 Å². The number of hydrogen-bond donors (Lipinski definition) is 0. The second-order valence-electron chi connectivity index (χ2n) is 9.13. The highest BCUT2D eigenvalue weighted by molar-refractivity contribution is 7.90. The molecule has 0 bridgehead atoms. The molecule has 0 spiro atoms. The van der Waals surface area contributed by atoms with Gasteiger partial charge in [-0.25, -0.2) is 8.42 Å². The van der Waals surface area contributed by atoms with Gasteiger partial charge < -0.3 is 19.3 Å². The van der Waals surface area contributed by atoms with Gasteiger partial charge in [-0.05, 0) is 48.4 Å². The van der Waals surface area contributed by atoms with Crippen LogP contribution in [0.3, 0.4) is 0 Å². The van der Waals surface area contributed by atoms with Crippen LogP contribution in [-0.2, 0) is 33.8 Å². The quantitative estimate of drug-likeness (QED) is 0.499. The topological polar surface area (TPSA) is 76.2 Å². The lowest BCUT2D eigenvalue weighted by atomic mass is 10.0. The Kier molecular flexibility index (Phi) is 7.34. The van der Waals surface area contributed by atoms with Gasteiger partial charge in [-0.3, -0.25) is 4.79 Å². The standard InChI is InChI=1S/C24H24F6N2O5S/c1-14(23(25,26)27)37-21-4-3-17(38(2,34)35)11-18(21)22(33)32-12-15-9-19(24(28,29)30)20(10-16(15)13-32)31-5-7-36-8-6-31/h3-4,9-11,14H,5-8,12-13H2,1-2H3/t14-/m0/s1. The number of alkyl halides is 6. The first kappa shape index (κ1) is 28.0. The van der Waals surface area contributed by atoms with Crippen LogP contribution in [0.5, 0.6) is 5.75 Å². The van der Waals surface area contributed by atoms with Gasteiger partial charge in [-0.2, -0.15) is 26.3 Å². The number of fused-ring (bicyclic) bond motifs is 1. The van der Waals surface area contributed by atoms with E-state index in [2.05, 4.69) is 0 Å². The normalized spacial score (nSPS) is 17.4. The minimum atomic E-state index is -4.76. The lowest BCUT2D eigenvalue weighted by Gasteiger charge is -2.31. The largest absolute Gasteiger partial charge is 0.480 e. The molecule has 0 unspecified atom stereocenters. The maximum atomic E-state index is 13.9. The Morgan fingerprint density at radius 2 is 1.61 bits per heavy atom. The van der Waals surface area contributed by atoms with Gasteiger partial charge in [0, 0.05) is 38.1 Å². The molecule has 1 fully saturated rings. The van der Waals surface area contributed by atoms with Crippen molar-refractivity contribution in [2.45, 2.75) is 43.4 Å². The van der Waals surface area contributed by atoms with Gasteiger partial charge in [0.25, 0.3) is 5.91 Å². The molecular formula is C24H24F6N2O5S. The van der Waals surface area contributed by atoms with E-state index in [4.69, 9.17) is 9.47 Å². The number of carbonyl (C=O) groups excluding carboxylic acids is 1. The molecule has 208 valence electrons. The highest BCUT2D eigenvalue weighted by Gasteiger charge is 2.40. The number of sulfone groups is 1. The summed E-state index contributed by atoms with van der Waals surface area (Å²) in [5.41, 5.74) is -0.682. The molecule has 2 aliphatic heterocycles. The molecule has 14 heteroatoms. The first-order chi connectivity index (χ1) is 17.6. The Bertz CT molecular complexity index is 1340. The van der Waals surface area contributed by atoms with Crippen LogP contribution in [0.2, 0.25) is 0 Å². The molecule has 0 radical (unpaired) electrons. The monoisotopic (exact) mass is 566 g/mol. The number of halogens is 6. The first-order valence-electron chi connectivity index (χ1n) is 11.5. The fourth-order valence-corrected chi connectivity index (χ4v) is 4.96. The van der Waals surface area contributed by atoms with E-state index in [1.54, 1.807) is 4.90 Å². The maximum Gasteiger partial charge on any atom is 0.425 e. The summed E-state index contributed by atoms with van der Waals surface area (Å²) in [6.45, 7) is 1.38. The van der Waals surface area contributed by atoms with Crippen LogP contribution in [0, 0.1) is 0 Å². The van der Waals surface area contributed by atoms with Gasteiger partial charge in [0.1, 0.15) is 5.75 Å². The van der Waals surface area contributed by atoms with Gasteiger partial charge in [-0.1, -0.05) is 0 Å². The van der Waals surface area contributed by atoms with Crippen molar-refractivity contribution in [3.8, 4) is 5.75 Å². The number of benzene rings is 2. The van der Waals surface area contributed by atoms with E-state index >= 15 is 0 Å². The number of nitrogens with zero attached hydrogens (tertiary/aromatic N) is 2. The van der Waals surface area contributed by atoms with Crippen molar-refractivity contribution in [1.29, 1.82) is 0 Å². The molecule has 2 heterocycles. The molecule has 2 aromatic rings. The summed E-state index contributed by atoms with van der Waals surface area (Å²) in [4.78, 5) is 15.8. The highest BCUT2D eigenvalue weighted by Crippen LogP contribution is 2.41. The summed E-state index contributed by atoms with van der Waals surface area (Å²) >= 11 is 0. The molecule has 1 atom stereocenters. The molecule has 1 amide bonds. The number of rotatable bonds is 5. The second-order valence-corrected chi connectivity index (χ2v) is 11.1. The number of ether oxygens (including phenoxy) is 2. The third kappa shape index (κ3) is 5.85. The predicted molar refractivity (Wildman–Crippen MR) is 124 cm³/mol. The zero-order valence-electron chi connectivity index (χ0n) is 20.3. The summed E-state index contributed by atoms with van der Waals surface area (Å²) in [7, 11) is -3.84. The molecule has 0 N–H and O–H groups in total. The van der Waals surface area contributed by atoms with Gasteiger partial charge >= 0.3 is 12.4 Å². The molecule has 2 aromatic carbocycles. The molecule has 1 saturated heterocycles. The van der Waals surface area contributed by atoms with E-state index < -0.39 is 51.1 Å². The zero-order chi connectivity index (χ0) is 28.0. The van der Waals surface area contributed by atoms with Gasteiger partial charge in [0.05, 0.1) is 29.2 Å². The Morgan fingerprint density at radius 1 is 1.00 bits per heavy atom. The van der Waals surface area contributed by atoms with Crippen molar-refractivity contribution in [3.63, 3.8) is 0 Å². The molecule has 7 nitrogen and oxygen atoms in total. The lowest BCUT2D eigenvalue weighted by Crippen LogP contribution is -2.37. The summed E-state index contributed by atoms with van der Waals surface area (Å²) in [5, 5.41) is 0. The minimum absolute atomic E-state index is 0.0454. The maximum absolute atomic E-state index is 13.9. The molecule has 0 aromatic heterocycles. The minimum Gasteiger partial charge on any atom is -0.480 e. The lowest BCUT2D eigenvalue weighted by molar-refractivity contribution is -0.189. The Labute approximate surface area is 214 Å². The van der Waals surface area contributed by atoms with E-state index in [0.29, 0.717) is 5.56 Å². The van der Waals surface area contributed by atoms with Crippen LogP contribution in [0.4, 0.5) is 32.0 Å². The van der Waals surface area contributed by atoms with E-state index in [-0.39, 0.29) is 55.5 Å². The van der Waals surface area contributed by atoms with Gasteiger partial charge in [-0.15, -0.1) is 0 Å². The van der Waals surface area contributed by atoms with Crippen molar-refractivity contribution in [2.75, 3.05) is 37.5 Å². The summed E-state index contributed by atoms with van der Waals surface area (Å²) in [6, 6.07) is 5.25. The first-order valence-corrected chi connectivity index (χ1v) is 13.4. The summed E-state index contributed by atoms with van der Waals surface area (Å²) in [5.74, 6) is -1.37. The van der Waals surface area contributed by atoms with Crippen LogP contribution in [0.1, 0.15) is 34.0 Å². The molecule has 38 heavy (non-hydrogen) atoms. The van der Waals surface area contributed by atoms with Crippen LogP contribution < -0.4 is 9.64 Å². The van der Waals surface area contributed by atoms with Gasteiger partial charge in [0.15, 0.2) is 15.9 Å². The van der Waals surface area contributed by atoms with Crippen LogP contribution in [-0.4, -0.2) is 64.1 Å². The van der Waals surface area contributed by atoms with Crippen molar-refractivity contribution in [3.05, 3.63) is 52.6 Å². The van der Waals surface area contributed by atoms with Crippen molar-refractivity contribution >= 4 is 21.4 Å². The third-order valence-corrected chi connectivity index (χ3v) is 7.47. The number of anilines is 1. The molecule has 4 rings (SSSR count). The Balaban J connectivity index is 1.70. The van der Waals surface area contributed by atoms with Crippen molar-refractivity contribution < 1.29 is 49.0 Å². The predicted octanol–water partition coefficient (Wildman–Crippen LogP) is 4.43. The highest BCUT2D eigenvalue weighted by atomic mass is 32.2. The molecule has 0 saturated carbocycles. The van der Waals surface area contributed by atoms with E-state index in [1.807, 2.05) is 0 Å². The molecule has 0 aliphatic carbocycles. The number of hydrogen-bond acceptors (Lipinski definition) is 6. The van der Waals surface area contributed by atoms with Crippen LogP contribution >= 0.6 is 0 Å². The molecular weight excluding hydrogens is 542 g/mol. The van der Waals surface area contributed by atoms with Crippen LogP contribution in [0.15, 0.2) is 35.2 Å². The average molecular weight is 567 g/mol. The fourth-order valence-electron chi connectivity index (χ4n) is 4.31. The van der Waals surface area contributed by atoms with Crippen LogP contribution in [0.25, 0.3) is 0 Å². The molecule has 2 aliphatic rings. The van der Waals surface area contributed by atoms with Crippen molar-refractivity contribution in [2.24, 2.45) is 0 Å². The Morgan fingerprint density at radius 3 is 2.16 bits per heavy atom. The Hall–Kier alpha value is -3.00. The van der Waals surface area contributed by atoms with E-state index in [0.717, 1.165) is 42.3 Å². The fraction of sp³-hybridized carbons (Fsp3) is 0.458. The van der Waals surface area contributed by atoms with E-state index in [1.165, 1.54) is 6.07 Å². The summed E-state index contributed by atoms with van der Waals surface area (Å²) in [6.07, 6.45) is -10.9. The smallest absolute Gasteiger partial charge is 0.425 e. The number of morpholine rings is 1. The van der Waals surface area contributed by atoms with Gasteiger partial charge in [0.2, 0.25) is 0 Å². The second kappa shape index (κ2) is 9.95. The average Bonchev–Trinajstić information content (AvgIpc) is 3.25. The third-order valence-electron chi connectivity index (χ3n) is 6.36. The number of amides is 1. The zero-order valence-corrected chi connectivity index (χ0v) is 21.1. The number of carbonyl (C=O) groups is 1. The summed E-state index contributed by atoms with van der Waals surface area (Å²) < 4.78 is 115.